The number of hydrogen-bond acceptors (Lipinski definition) is 5. The number of likely N-dealkylation sites (N-methyl/N-ethyl adjacent to an activating group) is 1. The topological polar surface area (TPSA) is 78.9 Å². The molecule has 1 aromatic rings. The zero-order chi connectivity index (χ0) is 14.0. The van der Waals surface area contributed by atoms with Crippen molar-refractivity contribution in [3.05, 3.63) is 35.5 Å². The average molecular weight is 262 g/mol. The number of fused-ring (bicyclic) bond motifs is 1. The largest absolute Gasteiger partial charge is 0.508 e. The van der Waals surface area contributed by atoms with E-state index >= 15 is 0 Å². The molecule has 6 nitrogen and oxygen atoms in total. The summed E-state index contributed by atoms with van der Waals surface area (Å²) in [7, 11) is 2.87. The van der Waals surface area contributed by atoms with Gasteiger partial charge >= 0.3 is 5.97 Å². The number of ether oxygens (including phenoxy) is 1. The third-order valence-corrected chi connectivity index (χ3v) is 2.81. The Bertz CT molecular complexity index is 566. The minimum atomic E-state index is -0.605. The molecule has 0 saturated carbocycles. The van der Waals surface area contributed by atoms with E-state index < -0.39 is 5.97 Å². The second-order valence-electron chi connectivity index (χ2n) is 4.21. The predicted molar refractivity (Wildman–Crippen MR) is 68.3 cm³/mol. The van der Waals surface area contributed by atoms with Gasteiger partial charge in [0.2, 0.25) is 0 Å². The van der Waals surface area contributed by atoms with Gasteiger partial charge in [-0.25, -0.2) is 4.79 Å². The summed E-state index contributed by atoms with van der Waals surface area (Å²) in [5, 5.41) is 12.4. The van der Waals surface area contributed by atoms with E-state index in [0.717, 1.165) is 11.6 Å². The first-order valence-corrected chi connectivity index (χ1v) is 5.65. The van der Waals surface area contributed by atoms with Crippen LogP contribution in [-0.2, 0) is 20.9 Å². The van der Waals surface area contributed by atoms with Gasteiger partial charge in [-0.15, -0.1) is 0 Å². The molecule has 0 aromatic heterocycles. The second kappa shape index (κ2) is 5.01. The lowest BCUT2D eigenvalue weighted by Crippen LogP contribution is -2.28. The summed E-state index contributed by atoms with van der Waals surface area (Å²) in [6, 6.07) is 4.74. The SMILES string of the molecule is COC(=O)/C=C1/Nc2ccc(O)cc2CN(C)C1=O. The van der Waals surface area contributed by atoms with E-state index in [1.807, 2.05) is 0 Å². The summed E-state index contributed by atoms with van der Waals surface area (Å²) in [5.74, 6) is -0.797. The highest BCUT2D eigenvalue weighted by molar-refractivity contribution is 6.02. The van der Waals surface area contributed by atoms with Crippen LogP contribution in [0.1, 0.15) is 5.56 Å². The summed E-state index contributed by atoms with van der Waals surface area (Å²) >= 11 is 0. The number of nitrogens with one attached hydrogen (secondary N) is 1. The van der Waals surface area contributed by atoms with Gasteiger partial charge in [0.15, 0.2) is 0 Å². The smallest absolute Gasteiger partial charge is 0.332 e. The van der Waals surface area contributed by atoms with Gasteiger partial charge in [0.1, 0.15) is 11.4 Å². The third kappa shape index (κ3) is 2.67. The van der Waals surface area contributed by atoms with E-state index in [1.165, 1.54) is 18.1 Å². The molecule has 1 aliphatic rings. The molecule has 100 valence electrons. The lowest BCUT2D eigenvalue weighted by molar-refractivity contribution is -0.135. The number of carbonyl (C=O) groups excluding carboxylic acids is 2. The van der Waals surface area contributed by atoms with Crippen LogP contribution in [0.3, 0.4) is 0 Å². The molecule has 1 aliphatic heterocycles. The zero-order valence-corrected chi connectivity index (χ0v) is 10.6. The van der Waals surface area contributed by atoms with Crippen molar-refractivity contribution in [2.75, 3.05) is 19.5 Å². The lowest BCUT2D eigenvalue weighted by Gasteiger charge is -2.14. The molecule has 1 heterocycles. The Morgan fingerprint density at radius 3 is 2.95 bits per heavy atom. The van der Waals surface area contributed by atoms with Crippen LogP contribution in [0.5, 0.6) is 5.75 Å². The van der Waals surface area contributed by atoms with Crippen molar-refractivity contribution in [1.82, 2.24) is 4.90 Å². The number of aromatic hydroxyl groups is 1. The minimum Gasteiger partial charge on any atom is -0.508 e. The van der Waals surface area contributed by atoms with Crippen LogP contribution in [0.25, 0.3) is 0 Å². The Balaban J connectivity index is 2.43. The molecule has 0 radical (unpaired) electrons. The van der Waals surface area contributed by atoms with Crippen molar-refractivity contribution in [2.45, 2.75) is 6.54 Å². The van der Waals surface area contributed by atoms with E-state index in [2.05, 4.69) is 10.1 Å². The number of carbonyl (C=O) groups is 2. The van der Waals surface area contributed by atoms with E-state index in [0.29, 0.717) is 12.2 Å². The van der Waals surface area contributed by atoms with Gasteiger partial charge in [-0.1, -0.05) is 0 Å². The number of benzene rings is 1. The maximum Gasteiger partial charge on any atom is 0.332 e. The van der Waals surface area contributed by atoms with Gasteiger partial charge < -0.3 is 20.1 Å². The zero-order valence-electron chi connectivity index (χ0n) is 10.6. The van der Waals surface area contributed by atoms with Crippen LogP contribution in [0.4, 0.5) is 5.69 Å². The van der Waals surface area contributed by atoms with E-state index in [4.69, 9.17) is 0 Å². The molecule has 2 rings (SSSR count). The van der Waals surface area contributed by atoms with Gasteiger partial charge in [0, 0.05) is 19.3 Å². The van der Waals surface area contributed by atoms with E-state index in [-0.39, 0.29) is 17.4 Å². The Morgan fingerprint density at radius 2 is 2.26 bits per heavy atom. The molecule has 0 spiro atoms. The van der Waals surface area contributed by atoms with Gasteiger partial charge in [0.05, 0.1) is 13.2 Å². The number of anilines is 1. The maximum atomic E-state index is 12.1. The summed E-state index contributed by atoms with van der Waals surface area (Å²) in [4.78, 5) is 24.8. The Morgan fingerprint density at radius 1 is 1.53 bits per heavy atom. The number of phenolic OH excluding ortho intramolecular Hbond substituents is 1. The number of hydrogen-bond donors (Lipinski definition) is 2. The molecule has 0 unspecified atom stereocenters. The highest BCUT2D eigenvalue weighted by atomic mass is 16.5. The molecule has 0 fully saturated rings. The van der Waals surface area contributed by atoms with Crippen molar-refractivity contribution in [2.24, 2.45) is 0 Å². The highest BCUT2D eigenvalue weighted by Crippen LogP contribution is 2.27. The van der Waals surface area contributed by atoms with Crippen LogP contribution in [0.2, 0.25) is 0 Å². The molecule has 2 N–H and O–H groups in total. The first kappa shape index (κ1) is 12.9. The van der Waals surface area contributed by atoms with E-state index in [1.54, 1.807) is 19.2 Å². The predicted octanol–water partition coefficient (Wildman–Crippen LogP) is 0.833. The third-order valence-electron chi connectivity index (χ3n) is 2.81. The van der Waals surface area contributed by atoms with Crippen LogP contribution >= 0.6 is 0 Å². The quantitative estimate of drug-likeness (QED) is 0.445. The van der Waals surface area contributed by atoms with Gasteiger partial charge in [-0.3, -0.25) is 4.79 Å². The summed E-state index contributed by atoms with van der Waals surface area (Å²) in [6.45, 7) is 0.341. The van der Waals surface area contributed by atoms with Crippen LogP contribution in [0.15, 0.2) is 30.0 Å². The molecular formula is C13H14N2O4. The number of nitrogens with zero attached hydrogens (tertiary/aromatic N) is 1. The molecule has 1 amide bonds. The van der Waals surface area contributed by atoms with Crippen molar-refractivity contribution in [3.8, 4) is 5.75 Å². The molecule has 0 atom stereocenters. The van der Waals surface area contributed by atoms with Gasteiger partial charge in [-0.05, 0) is 23.8 Å². The average Bonchev–Trinajstić information content (AvgIpc) is 2.49. The number of methoxy groups -OCH3 is 1. The standard InChI is InChI=1S/C13H14N2O4/c1-15-7-8-5-9(16)3-4-10(8)14-11(13(15)18)6-12(17)19-2/h3-6,14,16H,7H2,1-2H3/b11-6+. The van der Waals surface area contributed by atoms with Gasteiger partial charge in [-0.2, -0.15) is 0 Å². The van der Waals surface area contributed by atoms with Crippen LogP contribution < -0.4 is 5.32 Å². The lowest BCUT2D eigenvalue weighted by atomic mass is 10.1. The molecule has 19 heavy (non-hydrogen) atoms. The molecule has 0 bridgehead atoms. The number of esters is 1. The first-order chi connectivity index (χ1) is 9.01. The molecule has 1 aromatic carbocycles. The Kier molecular flexibility index (Phi) is 3.41. The van der Waals surface area contributed by atoms with Crippen molar-refractivity contribution >= 4 is 17.6 Å². The fourth-order valence-corrected chi connectivity index (χ4v) is 1.84. The second-order valence-corrected chi connectivity index (χ2v) is 4.21. The fourth-order valence-electron chi connectivity index (χ4n) is 1.84. The normalized spacial score (nSPS) is 16.6. The van der Waals surface area contributed by atoms with Gasteiger partial charge in [0.25, 0.3) is 5.91 Å². The minimum absolute atomic E-state index is 0.127. The van der Waals surface area contributed by atoms with E-state index in [9.17, 15) is 14.7 Å². The Labute approximate surface area is 110 Å². The summed E-state index contributed by atoms with van der Waals surface area (Å²) in [6.07, 6.45) is 1.11. The molecular weight excluding hydrogens is 248 g/mol. The van der Waals surface area contributed by atoms with Crippen LogP contribution in [0, 0.1) is 0 Å². The molecule has 6 heteroatoms. The fraction of sp³-hybridized carbons (Fsp3) is 0.231. The van der Waals surface area contributed by atoms with Crippen molar-refractivity contribution < 1.29 is 19.4 Å². The number of amides is 1. The van der Waals surface area contributed by atoms with Crippen molar-refractivity contribution in [1.29, 1.82) is 0 Å². The number of rotatable bonds is 1. The molecule has 0 aliphatic carbocycles. The first-order valence-electron chi connectivity index (χ1n) is 5.65. The number of phenols is 1. The molecule has 0 saturated heterocycles. The van der Waals surface area contributed by atoms with Crippen molar-refractivity contribution in [3.63, 3.8) is 0 Å². The maximum absolute atomic E-state index is 12.1. The highest BCUT2D eigenvalue weighted by Gasteiger charge is 2.22. The Hall–Kier alpha value is -2.50. The van der Waals surface area contributed by atoms with Crippen LogP contribution in [-0.4, -0.2) is 36.0 Å². The summed E-state index contributed by atoms with van der Waals surface area (Å²) in [5.41, 5.74) is 1.58. The monoisotopic (exact) mass is 262 g/mol. The summed E-state index contributed by atoms with van der Waals surface area (Å²) < 4.78 is 4.52.